The van der Waals surface area contributed by atoms with Crippen molar-refractivity contribution in [2.45, 2.75) is 12.5 Å². The van der Waals surface area contributed by atoms with Crippen molar-refractivity contribution < 1.29 is 4.74 Å². The fourth-order valence-corrected chi connectivity index (χ4v) is 2.00. The van der Waals surface area contributed by atoms with Gasteiger partial charge in [-0.1, -0.05) is 0 Å². The Balaban J connectivity index is 2.29. The van der Waals surface area contributed by atoms with E-state index in [-0.39, 0.29) is 0 Å². The molecule has 1 atom stereocenters. The minimum absolute atomic E-state index is 0.577. The van der Waals surface area contributed by atoms with Gasteiger partial charge >= 0.3 is 0 Å². The van der Waals surface area contributed by atoms with Crippen LogP contribution < -0.4 is 0 Å². The molecule has 16 heavy (non-hydrogen) atoms. The molecule has 0 aromatic carbocycles. The molecule has 0 amide bonds. The number of pyridine rings is 1. The third-order valence-electron chi connectivity index (χ3n) is 3.10. The zero-order chi connectivity index (χ0) is 11.4. The van der Waals surface area contributed by atoms with Crippen LogP contribution in [-0.2, 0) is 10.3 Å². The first-order valence-corrected chi connectivity index (χ1v) is 5.42. The molecule has 2 rings (SSSR count). The van der Waals surface area contributed by atoms with E-state index in [1.165, 1.54) is 0 Å². The first kappa shape index (κ1) is 11.1. The Morgan fingerprint density at radius 3 is 2.56 bits per heavy atom. The second-order valence-electron chi connectivity index (χ2n) is 4.02. The van der Waals surface area contributed by atoms with Gasteiger partial charge < -0.3 is 4.74 Å². The van der Waals surface area contributed by atoms with E-state index in [1.54, 1.807) is 12.4 Å². The van der Waals surface area contributed by atoms with Gasteiger partial charge in [0, 0.05) is 25.5 Å². The molecule has 2 heterocycles. The van der Waals surface area contributed by atoms with Crippen LogP contribution in [0.15, 0.2) is 24.5 Å². The zero-order valence-electron chi connectivity index (χ0n) is 9.39. The third kappa shape index (κ3) is 1.92. The van der Waals surface area contributed by atoms with Crippen LogP contribution in [0.2, 0.25) is 0 Å². The molecule has 1 aromatic rings. The van der Waals surface area contributed by atoms with Gasteiger partial charge in [-0.3, -0.25) is 9.88 Å². The first-order chi connectivity index (χ1) is 7.77. The molecule has 0 N–H and O–H groups in total. The molecule has 84 valence electrons. The molecular weight excluding hydrogens is 202 g/mol. The summed E-state index contributed by atoms with van der Waals surface area (Å²) < 4.78 is 5.31. The van der Waals surface area contributed by atoms with Gasteiger partial charge in [0.1, 0.15) is 5.54 Å². The fourth-order valence-electron chi connectivity index (χ4n) is 2.00. The van der Waals surface area contributed by atoms with Crippen LogP contribution in [0.3, 0.4) is 0 Å². The number of aromatic nitrogens is 1. The van der Waals surface area contributed by atoms with Gasteiger partial charge in [0.2, 0.25) is 0 Å². The van der Waals surface area contributed by atoms with Gasteiger partial charge in [0.15, 0.2) is 0 Å². The molecule has 0 spiro atoms. The molecule has 0 bridgehead atoms. The summed E-state index contributed by atoms with van der Waals surface area (Å²) in [5, 5.41) is 9.44. The van der Waals surface area contributed by atoms with Gasteiger partial charge in [0.25, 0.3) is 0 Å². The lowest BCUT2D eigenvalue weighted by atomic mass is 9.92. The largest absolute Gasteiger partial charge is 0.379 e. The smallest absolute Gasteiger partial charge is 0.132 e. The predicted octanol–water partition coefficient (Wildman–Crippen LogP) is 1.15. The van der Waals surface area contributed by atoms with Gasteiger partial charge in [-0.15, -0.1) is 0 Å². The van der Waals surface area contributed by atoms with E-state index < -0.39 is 5.54 Å². The Kier molecular flexibility index (Phi) is 3.18. The average Bonchev–Trinajstić information content (AvgIpc) is 2.40. The summed E-state index contributed by atoms with van der Waals surface area (Å²) >= 11 is 0. The van der Waals surface area contributed by atoms with Crippen LogP contribution in [0.1, 0.15) is 12.5 Å². The van der Waals surface area contributed by atoms with Gasteiger partial charge in [0.05, 0.1) is 19.3 Å². The maximum absolute atomic E-state index is 9.44. The van der Waals surface area contributed by atoms with Crippen molar-refractivity contribution in [2.24, 2.45) is 0 Å². The van der Waals surface area contributed by atoms with Gasteiger partial charge in [-0.25, -0.2) is 0 Å². The van der Waals surface area contributed by atoms with Crippen molar-refractivity contribution in [1.29, 1.82) is 5.26 Å². The second kappa shape index (κ2) is 4.60. The van der Waals surface area contributed by atoms with Crippen LogP contribution in [0.4, 0.5) is 0 Å². The highest BCUT2D eigenvalue weighted by atomic mass is 16.5. The average molecular weight is 217 g/mol. The van der Waals surface area contributed by atoms with Gasteiger partial charge in [-0.05, 0) is 24.6 Å². The van der Waals surface area contributed by atoms with Crippen molar-refractivity contribution in [3.8, 4) is 6.07 Å². The van der Waals surface area contributed by atoms with E-state index in [1.807, 2.05) is 19.1 Å². The van der Waals surface area contributed by atoms with Crippen LogP contribution in [-0.4, -0.2) is 36.2 Å². The number of rotatable bonds is 2. The van der Waals surface area contributed by atoms with E-state index in [9.17, 15) is 5.26 Å². The summed E-state index contributed by atoms with van der Waals surface area (Å²) in [6.07, 6.45) is 3.46. The topological polar surface area (TPSA) is 49.2 Å². The Morgan fingerprint density at radius 2 is 2.00 bits per heavy atom. The van der Waals surface area contributed by atoms with E-state index >= 15 is 0 Å². The SMILES string of the molecule is CC(C#N)(c1ccncc1)N1CCOCC1. The fraction of sp³-hybridized carbons (Fsp3) is 0.500. The van der Waals surface area contributed by atoms with Crippen LogP contribution in [0.5, 0.6) is 0 Å². The summed E-state index contributed by atoms with van der Waals surface area (Å²) in [5.41, 5.74) is 0.416. The normalized spacial score (nSPS) is 21.0. The van der Waals surface area contributed by atoms with Crippen molar-refractivity contribution in [3.63, 3.8) is 0 Å². The summed E-state index contributed by atoms with van der Waals surface area (Å²) in [4.78, 5) is 6.14. The number of hydrogen-bond acceptors (Lipinski definition) is 4. The Hall–Kier alpha value is -1.44. The second-order valence-corrected chi connectivity index (χ2v) is 4.02. The summed E-state index contributed by atoms with van der Waals surface area (Å²) in [7, 11) is 0. The van der Waals surface area contributed by atoms with E-state index in [4.69, 9.17) is 4.74 Å². The lowest BCUT2D eigenvalue weighted by Crippen LogP contribution is -2.48. The Bertz CT molecular complexity index is 381. The Labute approximate surface area is 95.5 Å². The molecule has 4 heteroatoms. The highest BCUT2D eigenvalue weighted by Gasteiger charge is 2.34. The summed E-state index contributed by atoms with van der Waals surface area (Å²) in [5.74, 6) is 0. The minimum atomic E-state index is -0.577. The molecular formula is C12H15N3O. The van der Waals surface area contributed by atoms with Crippen LogP contribution >= 0.6 is 0 Å². The minimum Gasteiger partial charge on any atom is -0.379 e. The lowest BCUT2D eigenvalue weighted by Gasteiger charge is -2.38. The standard InChI is InChI=1S/C12H15N3O/c1-12(10-13,11-2-4-14-5-3-11)15-6-8-16-9-7-15/h2-5H,6-9H2,1H3. The summed E-state index contributed by atoms with van der Waals surface area (Å²) in [6, 6.07) is 6.21. The molecule has 1 fully saturated rings. The molecule has 1 aromatic heterocycles. The summed E-state index contributed by atoms with van der Waals surface area (Å²) in [6.45, 7) is 4.94. The molecule has 4 nitrogen and oxygen atoms in total. The van der Waals surface area contributed by atoms with E-state index in [0.29, 0.717) is 13.2 Å². The van der Waals surface area contributed by atoms with Crippen molar-refractivity contribution >= 4 is 0 Å². The van der Waals surface area contributed by atoms with Crippen molar-refractivity contribution in [2.75, 3.05) is 26.3 Å². The zero-order valence-corrected chi connectivity index (χ0v) is 9.39. The molecule has 1 aliphatic rings. The molecule has 1 unspecified atom stereocenters. The quantitative estimate of drug-likeness (QED) is 0.745. The molecule has 0 radical (unpaired) electrons. The third-order valence-corrected chi connectivity index (χ3v) is 3.10. The molecule has 0 saturated carbocycles. The monoisotopic (exact) mass is 217 g/mol. The molecule has 1 aliphatic heterocycles. The highest BCUT2D eigenvalue weighted by Crippen LogP contribution is 2.27. The van der Waals surface area contributed by atoms with Gasteiger partial charge in [-0.2, -0.15) is 5.26 Å². The van der Waals surface area contributed by atoms with E-state index in [0.717, 1.165) is 18.7 Å². The highest BCUT2D eigenvalue weighted by molar-refractivity contribution is 5.28. The van der Waals surface area contributed by atoms with Crippen molar-refractivity contribution in [1.82, 2.24) is 9.88 Å². The molecule has 1 saturated heterocycles. The number of hydrogen-bond donors (Lipinski definition) is 0. The van der Waals surface area contributed by atoms with Crippen molar-refractivity contribution in [3.05, 3.63) is 30.1 Å². The maximum Gasteiger partial charge on any atom is 0.132 e. The number of ether oxygens (including phenoxy) is 1. The number of nitriles is 1. The Morgan fingerprint density at radius 1 is 1.38 bits per heavy atom. The maximum atomic E-state index is 9.44. The first-order valence-electron chi connectivity index (χ1n) is 5.42. The lowest BCUT2D eigenvalue weighted by molar-refractivity contribution is 0.000420. The van der Waals surface area contributed by atoms with E-state index in [2.05, 4.69) is 16.0 Å². The predicted molar refractivity (Wildman–Crippen MR) is 59.6 cm³/mol. The van der Waals surface area contributed by atoms with Crippen LogP contribution in [0.25, 0.3) is 0 Å². The molecule has 0 aliphatic carbocycles. The number of morpholine rings is 1. The number of nitrogens with zero attached hydrogens (tertiary/aromatic N) is 3. The van der Waals surface area contributed by atoms with Crippen LogP contribution in [0, 0.1) is 11.3 Å².